The van der Waals surface area contributed by atoms with Crippen LogP contribution in [0.1, 0.15) is 49.8 Å². The van der Waals surface area contributed by atoms with Gasteiger partial charge < -0.3 is 14.6 Å². The van der Waals surface area contributed by atoms with Crippen LogP contribution >= 0.6 is 11.6 Å². The van der Waals surface area contributed by atoms with Crippen molar-refractivity contribution in [2.75, 3.05) is 26.2 Å². The van der Waals surface area contributed by atoms with Crippen molar-refractivity contribution in [1.82, 2.24) is 15.4 Å². The van der Waals surface area contributed by atoms with Crippen molar-refractivity contribution >= 4 is 17.5 Å². The summed E-state index contributed by atoms with van der Waals surface area (Å²) in [6.45, 7) is 11.3. The van der Waals surface area contributed by atoms with Crippen LogP contribution in [-0.2, 0) is 0 Å². The zero-order chi connectivity index (χ0) is 23.8. The van der Waals surface area contributed by atoms with Crippen LogP contribution in [0.25, 0.3) is 11.3 Å². The predicted octanol–water partition coefficient (Wildman–Crippen LogP) is 5.84. The Morgan fingerprint density at radius 3 is 2.36 bits per heavy atom. The van der Waals surface area contributed by atoms with E-state index in [1.165, 1.54) is 0 Å². The summed E-state index contributed by atoms with van der Waals surface area (Å²) in [6, 6.07) is 17.0. The summed E-state index contributed by atoms with van der Waals surface area (Å²) in [6.07, 6.45) is 0. The maximum Gasteiger partial charge on any atom is 0.273 e. The Morgan fingerprint density at radius 2 is 1.76 bits per heavy atom. The smallest absolute Gasteiger partial charge is 0.273 e. The lowest BCUT2D eigenvalue weighted by Crippen LogP contribution is -2.38. The molecule has 0 unspecified atom stereocenters. The van der Waals surface area contributed by atoms with Crippen LogP contribution in [-0.4, -0.2) is 42.2 Å². The normalized spacial score (nSPS) is 12.2. The summed E-state index contributed by atoms with van der Waals surface area (Å²) in [5.74, 6) is 1.53. The first-order valence-electron chi connectivity index (χ1n) is 11.4. The molecule has 7 heteroatoms. The fraction of sp³-hybridized carbons (Fsp3) is 0.385. The van der Waals surface area contributed by atoms with Crippen LogP contribution < -0.4 is 10.1 Å². The minimum atomic E-state index is -0.270. The van der Waals surface area contributed by atoms with Gasteiger partial charge in [0, 0.05) is 23.2 Å². The van der Waals surface area contributed by atoms with Gasteiger partial charge in [0.15, 0.2) is 11.5 Å². The van der Waals surface area contributed by atoms with Crippen LogP contribution in [0.4, 0.5) is 0 Å². The third kappa shape index (κ3) is 6.83. The Morgan fingerprint density at radius 1 is 1.09 bits per heavy atom. The van der Waals surface area contributed by atoms with E-state index < -0.39 is 0 Å². The van der Waals surface area contributed by atoms with Gasteiger partial charge in [0.1, 0.15) is 5.75 Å². The Bertz CT molecular complexity index is 1010. The van der Waals surface area contributed by atoms with E-state index in [0.29, 0.717) is 29.9 Å². The van der Waals surface area contributed by atoms with E-state index in [9.17, 15) is 4.79 Å². The van der Waals surface area contributed by atoms with Gasteiger partial charge in [0.2, 0.25) is 0 Å². The van der Waals surface area contributed by atoms with Crippen molar-refractivity contribution in [2.24, 2.45) is 5.92 Å². The Hall–Kier alpha value is -2.83. The number of nitrogens with one attached hydrogen (secondary N) is 1. The van der Waals surface area contributed by atoms with E-state index in [1.807, 2.05) is 48.5 Å². The van der Waals surface area contributed by atoms with Gasteiger partial charge >= 0.3 is 0 Å². The third-order valence-corrected chi connectivity index (χ3v) is 5.68. The number of amides is 1. The van der Waals surface area contributed by atoms with Gasteiger partial charge in [-0.25, -0.2) is 0 Å². The van der Waals surface area contributed by atoms with Gasteiger partial charge in [-0.15, -0.1) is 0 Å². The first kappa shape index (κ1) is 24.8. The summed E-state index contributed by atoms with van der Waals surface area (Å²) < 4.78 is 11.1. The van der Waals surface area contributed by atoms with Crippen molar-refractivity contribution in [2.45, 2.75) is 33.7 Å². The average molecular weight is 470 g/mol. The number of ether oxygens (including phenoxy) is 1. The van der Waals surface area contributed by atoms with E-state index >= 15 is 0 Å². The number of aromatic nitrogens is 1. The number of carbonyl (C=O) groups excluding carboxylic acids is 1. The molecule has 2 aromatic carbocycles. The first-order chi connectivity index (χ1) is 15.9. The Labute approximate surface area is 200 Å². The van der Waals surface area contributed by atoms with Crippen LogP contribution in [0.5, 0.6) is 5.75 Å². The Balaban J connectivity index is 1.66. The summed E-state index contributed by atoms with van der Waals surface area (Å²) in [5.41, 5.74) is 2.18. The molecule has 33 heavy (non-hydrogen) atoms. The summed E-state index contributed by atoms with van der Waals surface area (Å²) in [5, 5.41) is 7.67. The molecule has 1 heterocycles. The molecule has 3 rings (SSSR count). The van der Waals surface area contributed by atoms with Gasteiger partial charge in [-0.1, -0.05) is 56.6 Å². The summed E-state index contributed by atoms with van der Waals surface area (Å²) >= 11 is 6.05. The van der Waals surface area contributed by atoms with E-state index in [4.69, 9.17) is 20.9 Å². The van der Waals surface area contributed by atoms with E-state index in [1.54, 1.807) is 6.07 Å². The zero-order valence-electron chi connectivity index (χ0n) is 19.7. The summed E-state index contributed by atoms with van der Waals surface area (Å²) in [7, 11) is 0. The van der Waals surface area contributed by atoms with Gasteiger partial charge in [-0.05, 0) is 61.0 Å². The fourth-order valence-corrected chi connectivity index (χ4v) is 3.71. The number of nitrogens with zero attached hydrogens (tertiary/aromatic N) is 2. The largest absolute Gasteiger partial charge is 0.493 e. The third-order valence-electron chi connectivity index (χ3n) is 5.43. The second-order valence-electron chi connectivity index (χ2n) is 8.30. The number of halogens is 1. The van der Waals surface area contributed by atoms with Gasteiger partial charge in [0.25, 0.3) is 5.91 Å². The minimum Gasteiger partial charge on any atom is -0.493 e. The highest BCUT2D eigenvalue weighted by molar-refractivity contribution is 6.30. The van der Waals surface area contributed by atoms with Crippen molar-refractivity contribution < 1.29 is 14.1 Å². The molecular formula is C26H32ClN3O3. The molecule has 1 amide bonds. The number of likely N-dealkylation sites (N-methyl/N-ethyl adjacent to an activating group) is 1. The second-order valence-corrected chi connectivity index (χ2v) is 8.74. The summed E-state index contributed by atoms with van der Waals surface area (Å²) in [4.78, 5) is 15.1. The molecular weight excluding hydrogens is 438 g/mol. The molecule has 0 saturated carbocycles. The van der Waals surface area contributed by atoms with Crippen LogP contribution in [0.3, 0.4) is 0 Å². The van der Waals surface area contributed by atoms with Crippen molar-refractivity contribution in [3.8, 4) is 17.1 Å². The van der Waals surface area contributed by atoms with Crippen LogP contribution in [0.2, 0.25) is 5.02 Å². The number of hydrogen-bond donors (Lipinski definition) is 1. The number of carbonyl (C=O) groups is 1. The average Bonchev–Trinajstić information content (AvgIpc) is 3.32. The van der Waals surface area contributed by atoms with Gasteiger partial charge in [-0.2, -0.15) is 0 Å². The first-order valence-corrected chi connectivity index (χ1v) is 11.8. The highest BCUT2D eigenvalue weighted by Crippen LogP contribution is 2.24. The lowest BCUT2D eigenvalue weighted by Gasteiger charge is -2.30. The SMILES string of the molecule is CCN(CC)[C@@H](CNC(=O)c1cc(-c2ccc(OCC(C)C)cc2)on1)c1ccc(Cl)cc1. The molecule has 0 fully saturated rings. The van der Waals surface area contributed by atoms with Crippen molar-refractivity contribution in [3.63, 3.8) is 0 Å². The Kier molecular flexibility index (Phi) is 8.92. The molecule has 0 aliphatic heterocycles. The molecule has 1 atom stereocenters. The lowest BCUT2D eigenvalue weighted by atomic mass is 10.0. The highest BCUT2D eigenvalue weighted by Gasteiger charge is 2.21. The highest BCUT2D eigenvalue weighted by atomic mass is 35.5. The molecule has 176 valence electrons. The second kappa shape index (κ2) is 11.9. The maximum atomic E-state index is 12.8. The number of benzene rings is 2. The topological polar surface area (TPSA) is 67.6 Å². The van der Waals surface area contributed by atoms with Crippen molar-refractivity contribution in [3.05, 3.63) is 70.9 Å². The van der Waals surface area contributed by atoms with Crippen LogP contribution in [0.15, 0.2) is 59.1 Å². The minimum absolute atomic E-state index is 0.0333. The molecule has 0 aliphatic carbocycles. The van der Waals surface area contributed by atoms with Crippen molar-refractivity contribution in [1.29, 1.82) is 0 Å². The predicted molar refractivity (Wildman–Crippen MR) is 132 cm³/mol. The fourth-order valence-electron chi connectivity index (χ4n) is 3.58. The van der Waals surface area contributed by atoms with Crippen LogP contribution in [0, 0.1) is 5.92 Å². The molecule has 0 saturated heterocycles. The molecule has 0 radical (unpaired) electrons. The molecule has 1 N–H and O–H groups in total. The standard InChI is InChI=1S/C26H32ClN3O3/c1-5-30(6-2)24(19-7-11-21(27)12-8-19)16-28-26(31)23-15-25(33-29-23)20-9-13-22(14-10-20)32-17-18(3)4/h7-15,18,24H,5-6,16-17H2,1-4H3,(H,28,31)/t24-/m0/s1. The van der Waals surface area contributed by atoms with E-state index in [0.717, 1.165) is 30.0 Å². The molecule has 6 nitrogen and oxygen atoms in total. The quantitative estimate of drug-likeness (QED) is 0.382. The monoisotopic (exact) mass is 469 g/mol. The van der Waals surface area contributed by atoms with E-state index in [2.05, 4.69) is 43.1 Å². The van der Waals surface area contributed by atoms with E-state index in [-0.39, 0.29) is 17.6 Å². The maximum absolute atomic E-state index is 12.8. The number of hydrogen-bond acceptors (Lipinski definition) is 5. The number of rotatable bonds is 11. The lowest BCUT2D eigenvalue weighted by molar-refractivity contribution is 0.0926. The molecule has 0 spiro atoms. The molecule has 1 aromatic heterocycles. The molecule has 3 aromatic rings. The zero-order valence-corrected chi connectivity index (χ0v) is 20.4. The molecule has 0 aliphatic rings. The van der Waals surface area contributed by atoms with Gasteiger partial charge in [0.05, 0.1) is 12.6 Å². The molecule has 0 bridgehead atoms. The van der Waals surface area contributed by atoms with Gasteiger partial charge in [-0.3, -0.25) is 9.69 Å².